The Morgan fingerprint density at radius 2 is 1.35 bits per heavy atom. The van der Waals surface area contributed by atoms with Crippen molar-refractivity contribution in [3.8, 4) is 22.6 Å². The second kappa shape index (κ2) is 5.94. The average Bonchev–Trinajstić information content (AvgIpc) is 2.62. The van der Waals surface area contributed by atoms with Gasteiger partial charge in [0.2, 0.25) is 0 Å². The molecule has 0 saturated heterocycles. The fourth-order valence-electron chi connectivity index (χ4n) is 2.66. The van der Waals surface area contributed by atoms with Crippen LogP contribution >= 0.6 is 15.9 Å². The summed E-state index contributed by atoms with van der Waals surface area (Å²) in [6, 6.07) is 26.4. The monoisotopic (exact) mass is 360 g/mol. The van der Waals surface area contributed by atoms with E-state index in [0.717, 1.165) is 38.0 Å². The summed E-state index contributed by atoms with van der Waals surface area (Å²) >= 11 is 3.60. The van der Waals surface area contributed by atoms with Gasteiger partial charge in [-0.05, 0) is 12.1 Å². The molecule has 2 nitrogen and oxygen atoms in total. The molecule has 0 spiro atoms. The number of para-hydroxylation sites is 1. The number of benzene rings is 3. The highest BCUT2D eigenvalue weighted by atomic mass is 79.9. The van der Waals surface area contributed by atoms with Crippen molar-refractivity contribution in [2.45, 2.75) is 0 Å². The second-order valence-electron chi connectivity index (χ2n) is 5.26. The molecule has 0 N–H and O–H groups in total. The number of aromatic nitrogens is 2. The van der Waals surface area contributed by atoms with Gasteiger partial charge in [0.25, 0.3) is 0 Å². The molecule has 110 valence electrons. The highest BCUT2D eigenvalue weighted by Crippen LogP contribution is 2.31. The number of hydrogen-bond acceptors (Lipinski definition) is 2. The van der Waals surface area contributed by atoms with E-state index in [1.165, 1.54) is 0 Å². The smallest absolute Gasteiger partial charge is 0.161 e. The molecular weight excluding hydrogens is 348 g/mol. The van der Waals surface area contributed by atoms with Crippen molar-refractivity contribution >= 4 is 26.8 Å². The van der Waals surface area contributed by atoms with Crippen molar-refractivity contribution in [3.05, 3.63) is 83.3 Å². The van der Waals surface area contributed by atoms with E-state index in [0.29, 0.717) is 0 Å². The lowest BCUT2D eigenvalue weighted by molar-refractivity contribution is 1.22. The summed E-state index contributed by atoms with van der Waals surface area (Å²) in [5, 5.41) is 1.06. The molecule has 0 aliphatic heterocycles. The van der Waals surface area contributed by atoms with Crippen LogP contribution in [0, 0.1) is 0 Å². The first-order valence-electron chi connectivity index (χ1n) is 7.40. The van der Waals surface area contributed by atoms with Gasteiger partial charge in [-0.3, -0.25) is 0 Å². The van der Waals surface area contributed by atoms with Crippen molar-refractivity contribution in [1.29, 1.82) is 0 Å². The second-order valence-corrected chi connectivity index (χ2v) is 6.11. The van der Waals surface area contributed by atoms with Crippen LogP contribution in [-0.4, -0.2) is 9.97 Å². The topological polar surface area (TPSA) is 25.8 Å². The van der Waals surface area contributed by atoms with Gasteiger partial charge in [0.1, 0.15) is 0 Å². The predicted molar refractivity (Wildman–Crippen MR) is 98.1 cm³/mol. The zero-order chi connectivity index (χ0) is 15.6. The number of nitrogens with zero attached hydrogens (tertiary/aromatic N) is 2. The first kappa shape index (κ1) is 14.1. The molecule has 3 aromatic carbocycles. The molecule has 4 aromatic rings. The summed E-state index contributed by atoms with van der Waals surface area (Å²) in [6.45, 7) is 0. The van der Waals surface area contributed by atoms with E-state index in [9.17, 15) is 0 Å². The molecule has 0 aliphatic rings. The lowest BCUT2D eigenvalue weighted by Crippen LogP contribution is -1.95. The molecule has 0 atom stereocenters. The van der Waals surface area contributed by atoms with Crippen LogP contribution in [0.2, 0.25) is 0 Å². The largest absolute Gasteiger partial charge is 0.228 e. The molecule has 0 amide bonds. The normalized spacial score (nSPS) is 10.8. The van der Waals surface area contributed by atoms with Crippen LogP contribution in [0.3, 0.4) is 0 Å². The third-order valence-electron chi connectivity index (χ3n) is 3.77. The molecule has 3 heteroatoms. The molecule has 0 radical (unpaired) electrons. The van der Waals surface area contributed by atoms with Gasteiger partial charge in [0, 0.05) is 21.0 Å². The van der Waals surface area contributed by atoms with Crippen molar-refractivity contribution in [1.82, 2.24) is 9.97 Å². The first-order chi connectivity index (χ1) is 11.3. The van der Waals surface area contributed by atoms with E-state index >= 15 is 0 Å². The summed E-state index contributed by atoms with van der Waals surface area (Å²) in [6.07, 6.45) is 0. The van der Waals surface area contributed by atoms with Gasteiger partial charge in [-0.25, -0.2) is 9.97 Å². The SMILES string of the molecule is Brc1ccccc1-c1nc(-c2ccccc2)c2ccccc2n1. The molecular formula is C20H13BrN2. The Balaban J connectivity index is 2.04. The molecule has 0 fully saturated rings. The van der Waals surface area contributed by atoms with Gasteiger partial charge in [0.15, 0.2) is 5.82 Å². The van der Waals surface area contributed by atoms with Gasteiger partial charge >= 0.3 is 0 Å². The summed E-state index contributed by atoms with van der Waals surface area (Å²) in [4.78, 5) is 9.61. The minimum atomic E-state index is 0.732. The van der Waals surface area contributed by atoms with Crippen LogP contribution in [0.25, 0.3) is 33.5 Å². The fourth-order valence-corrected chi connectivity index (χ4v) is 3.12. The molecule has 0 bridgehead atoms. The number of halogens is 1. The van der Waals surface area contributed by atoms with Gasteiger partial charge in [-0.1, -0.05) is 82.7 Å². The van der Waals surface area contributed by atoms with Crippen LogP contribution in [0.5, 0.6) is 0 Å². The lowest BCUT2D eigenvalue weighted by Gasteiger charge is -2.10. The Hall–Kier alpha value is -2.52. The Morgan fingerprint density at radius 3 is 2.17 bits per heavy atom. The van der Waals surface area contributed by atoms with E-state index in [1.54, 1.807) is 0 Å². The number of fused-ring (bicyclic) bond motifs is 1. The first-order valence-corrected chi connectivity index (χ1v) is 8.19. The van der Waals surface area contributed by atoms with Crippen molar-refractivity contribution < 1.29 is 0 Å². The lowest BCUT2D eigenvalue weighted by atomic mass is 10.1. The van der Waals surface area contributed by atoms with Crippen LogP contribution in [0.1, 0.15) is 0 Å². The molecule has 4 rings (SSSR count). The Morgan fingerprint density at radius 1 is 0.652 bits per heavy atom. The van der Waals surface area contributed by atoms with E-state index in [-0.39, 0.29) is 0 Å². The van der Waals surface area contributed by atoms with Crippen LogP contribution in [0.4, 0.5) is 0 Å². The Bertz CT molecular complexity index is 981. The van der Waals surface area contributed by atoms with Gasteiger partial charge in [-0.15, -0.1) is 0 Å². The quantitative estimate of drug-likeness (QED) is 0.456. The van der Waals surface area contributed by atoms with E-state index in [2.05, 4.69) is 34.1 Å². The fraction of sp³-hybridized carbons (Fsp3) is 0. The number of hydrogen-bond donors (Lipinski definition) is 0. The maximum absolute atomic E-state index is 4.86. The third kappa shape index (κ3) is 2.64. The molecule has 0 unspecified atom stereocenters. The minimum Gasteiger partial charge on any atom is -0.228 e. The van der Waals surface area contributed by atoms with Crippen molar-refractivity contribution in [3.63, 3.8) is 0 Å². The highest BCUT2D eigenvalue weighted by molar-refractivity contribution is 9.10. The molecule has 1 aromatic heterocycles. The van der Waals surface area contributed by atoms with Crippen molar-refractivity contribution in [2.24, 2.45) is 0 Å². The molecule has 1 heterocycles. The van der Waals surface area contributed by atoms with Crippen LogP contribution < -0.4 is 0 Å². The molecule has 23 heavy (non-hydrogen) atoms. The summed E-state index contributed by atoms with van der Waals surface area (Å²) in [7, 11) is 0. The highest BCUT2D eigenvalue weighted by Gasteiger charge is 2.12. The van der Waals surface area contributed by atoms with Gasteiger partial charge in [-0.2, -0.15) is 0 Å². The zero-order valence-corrected chi connectivity index (χ0v) is 13.9. The summed E-state index contributed by atoms with van der Waals surface area (Å²) < 4.78 is 0.995. The molecule has 0 saturated carbocycles. The Labute approximate surface area is 143 Å². The third-order valence-corrected chi connectivity index (χ3v) is 4.46. The minimum absolute atomic E-state index is 0.732. The van der Waals surface area contributed by atoms with E-state index in [4.69, 9.17) is 9.97 Å². The average molecular weight is 361 g/mol. The van der Waals surface area contributed by atoms with Crippen LogP contribution in [0.15, 0.2) is 83.3 Å². The summed E-state index contributed by atoms with van der Waals surface area (Å²) in [5.74, 6) is 0.732. The van der Waals surface area contributed by atoms with Crippen molar-refractivity contribution in [2.75, 3.05) is 0 Å². The predicted octanol–water partition coefficient (Wildman–Crippen LogP) is 5.73. The van der Waals surface area contributed by atoms with E-state index in [1.807, 2.05) is 60.7 Å². The standard InChI is InChI=1S/C20H13BrN2/c21-17-12-6-4-10-15(17)20-22-18-13-7-5-11-16(18)19(23-20)14-8-2-1-3-9-14/h1-13H. The van der Waals surface area contributed by atoms with Crippen LogP contribution in [-0.2, 0) is 0 Å². The van der Waals surface area contributed by atoms with Gasteiger partial charge < -0.3 is 0 Å². The maximum Gasteiger partial charge on any atom is 0.161 e. The van der Waals surface area contributed by atoms with E-state index < -0.39 is 0 Å². The maximum atomic E-state index is 4.86. The zero-order valence-electron chi connectivity index (χ0n) is 12.3. The molecule has 0 aliphatic carbocycles. The Kier molecular flexibility index (Phi) is 3.64. The summed E-state index contributed by atoms with van der Waals surface area (Å²) in [5.41, 5.74) is 4.00. The number of rotatable bonds is 2. The van der Waals surface area contributed by atoms with Gasteiger partial charge in [0.05, 0.1) is 11.2 Å².